The van der Waals surface area contributed by atoms with Gasteiger partial charge in [0, 0.05) is 18.8 Å². The molecule has 0 bridgehead atoms. The lowest BCUT2D eigenvalue weighted by atomic mass is 10.3. The van der Waals surface area contributed by atoms with Gasteiger partial charge in [0.1, 0.15) is 0 Å². The molecule has 0 aromatic carbocycles. The van der Waals surface area contributed by atoms with Crippen molar-refractivity contribution in [3.8, 4) is 0 Å². The highest BCUT2D eigenvalue weighted by atomic mass is 16.1. The molecule has 1 aromatic heterocycles. The number of amides is 1. The number of hydrogen-bond donors (Lipinski definition) is 2. The molecule has 1 heterocycles. The maximum Gasteiger partial charge on any atom is 0.221 e. The standard InChI is InChI=1S/C8H12N2O/c1-5-4-9-6(2)8(5)10-7(3)11/h4,9H,1-3H3,(H,10,11). The van der Waals surface area contributed by atoms with Crippen LogP contribution in [0.3, 0.4) is 0 Å². The summed E-state index contributed by atoms with van der Waals surface area (Å²) in [5.74, 6) is -0.0317. The van der Waals surface area contributed by atoms with Crippen molar-refractivity contribution in [1.82, 2.24) is 4.98 Å². The Hall–Kier alpha value is -1.25. The van der Waals surface area contributed by atoms with E-state index in [0.717, 1.165) is 16.9 Å². The molecular formula is C8H12N2O. The number of carbonyl (C=O) groups excluding carboxylic acids is 1. The third-order valence-electron chi connectivity index (χ3n) is 1.58. The van der Waals surface area contributed by atoms with Gasteiger partial charge in [-0.3, -0.25) is 4.79 Å². The van der Waals surface area contributed by atoms with Crippen LogP contribution in [0.15, 0.2) is 6.20 Å². The van der Waals surface area contributed by atoms with Crippen molar-refractivity contribution in [2.45, 2.75) is 20.8 Å². The quantitative estimate of drug-likeness (QED) is 0.630. The molecule has 1 aromatic rings. The summed E-state index contributed by atoms with van der Waals surface area (Å²) in [6, 6.07) is 0. The summed E-state index contributed by atoms with van der Waals surface area (Å²) >= 11 is 0. The fraction of sp³-hybridized carbons (Fsp3) is 0.375. The lowest BCUT2D eigenvalue weighted by molar-refractivity contribution is -0.114. The topological polar surface area (TPSA) is 44.9 Å². The predicted octanol–water partition coefficient (Wildman–Crippen LogP) is 1.59. The molecule has 0 unspecified atom stereocenters. The molecule has 1 rings (SSSR count). The van der Waals surface area contributed by atoms with Crippen LogP contribution in [0.1, 0.15) is 18.2 Å². The van der Waals surface area contributed by atoms with Crippen molar-refractivity contribution in [3.05, 3.63) is 17.5 Å². The summed E-state index contributed by atoms with van der Waals surface area (Å²) < 4.78 is 0. The Morgan fingerprint density at radius 1 is 1.55 bits per heavy atom. The van der Waals surface area contributed by atoms with Crippen molar-refractivity contribution >= 4 is 11.6 Å². The van der Waals surface area contributed by atoms with Crippen molar-refractivity contribution in [2.24, 2.45) is 0 Å². The van der Waals surface area contributed by atoms with Crippen molar-refractivity contribution in [3.63, 3.8) is 0 Å². The van der Waals surface area contributed by atoms with E-state index in [4.69, 9.17) is 0 Å². The van der Waals surface area contributed by atoms with E-state index in [2.05, 4.69) is 10.3 Å². The van der Waals surface area contributed by atoms with E-state index in [1.165, 1.54) is 6.92 Å². The number of anilines is 1. The zero-order valence-corrected chi connectivity index (χ0v) is 6.99. The summed E-state index contributed by atoms with van der Waals surface area (Å²) in [6.45, 7) is 5.39. The zero-order chi connectivity index (χ0) is 8.43. The van der Waals surface area contributed by atoms with E-state index in [-0.39, 0.29) is 5.91 Å². The highest BCUT2D eigenvalue weighted by Crippen LogP contribution is 2.17. The Morgan fingerprint density at radius 2 is 2.18 bits per heavy atom. The van der Waals surface area contributed by atoms with Crippen molar-refractivity contribution in [2.75, 3.05) is 5.32 Å². The molecule has 0 spiro atoms. The maximum atomic E-state index is 10.7. The smallest absolute Gasteiger partial charge is 0.221 e. The average Bonchev–Trinajstić information content (AvgIpc) is 2.18. The van der Waals surface area contributed by atoms with E-state index in [9.17, 15) is 4.79 Å². The molecule has 0 radical (unpaired) electrons. The number of hydrogen-bond acceptors (Lipinski definition) is 1. The van der Waals surface area contributed by atoms with E-state index in [0.29, 0.717) is 0 Å². The molecule has 60 valence electrons. The normalized spacial score (nSPS) is 9.73. The number of aromatic amines is 1. The minimum atomic E-state index is -0.0317. The second kappa shape index (κ2) is 2.78. The van der Waals surface area contributed by atoms with Crippen LogP contribution in [-0.2, 0) is 4.79 Å². The van der Waals surface area contributed by atoms with Gasteiger partial charge in [-0.1, -0.05) is 0 Å². The van der Waals surface area contributed by atoms with Crippen LogP contribution in [0.5, 0.6) is 0 Å². The SMILES string of the molecule is CC(=O)Nc1c(C)c[nH]c1C. The van der Waals surface area contributed by atoms with E-state index < -0.39 is 0 Å². The molecule has 1 amide bonds. The number of rotatable bonds is 1. The summed E-state index contributed by atoms with van der Waals surface area (Å²) in [6.07, 6.45) is 1.88. The summed E-state index contributed by atoms with van der Waals surface area (Å²) in [5, 5.41) is 2.75. The Kier molecular flexibility index (Phi) is 1.98. The van der Waals surface area contributed by atoms with Gasteiger partial charge in [-0.2, -0.15) is 0 Å². The minimum absolute atomic E-state index is 0.0317. The highest BCUT2D eigenvalue weighted by Gasteiger charge is 2.04. The first-order valence-corrected chi connectivity index (χ1v) is 3.53. The average molecular weight is 152 g/mol. The first-order chi connectivity index (χ1) is 5.11. The Labute approximate surface area is 65.8 Å². The Morgan fingerprint density at radius 3 is 2.55 bits per heavy atom. The first-order valence-electron chi connectivity index (χ1n) is 3.53. The summed E-state index contributed by atoms with van der Waals surface area (Å²) in [7, 11) is 0. The molecular weight excluding hydrogens is 140 g/mol. The maximum absolute atomic E-state index is 10.7. The van der Waals surface area contributed by atoms with E-state index >= 15 is 0 Å². The van der Waals surface area contributed by atoms with Crippen LogP contribution in [0.25, 0.3) is 0 Å². The van der Waals surface area contributed by atoms with Gasteiger partial charge in [-0.05, 0) is 19.4 Å². The molecule has 0 atom stereocenters. The Balaban J connectivity index is 2.92. The van der Waals surface area contributed by atoms with Gasteiger partial charge < -0.3 is 10.3 Å². The molecule has 11 heavy (non-hydrogen) atoms. The van der Waals surface area contributed by atoms with Crippen LogP contribution < -0.4 is 5.32 Å². The van der Waals surface area contributed by atoms with Gasteiger partial charge in [0.25, 0.3) is 0 Å². The molecule has 0 fully saturated rings. The monoisotopic (exact) mass is 152 g/mol. The molecule has 0 saturated carbocycles. The number of nitrogens with one attached hydrogen (secondary N) is 2. The molecule has 0 aliphatic carbocycles. The number of aryl methyl sites for hydroxylation is 2. The van der Waals surface area contributed by atoms with Gasteiger partial charge in [0.2, 0.25) is 5.91 Å². The third-order valence-corrected chi connectivity index (χ3v) is 1.58. The molecule has 0 saturated heterocycles. The largest absolute Gasteiger partial charge is 0.363 e. The minimum Gasteiger partial charge on any atom is -0.363 e. The number of H-pyrrole nitrogens is 1. The first kappa shape index (κ1) is 7.85. The van der Waals surface area contributed by atoms with Crippen LogP contribution in [0, 0.1) is 13.8 Å². The summed E-state index contributed by atoms with van der Waals surface area (Å²) in [4.78, 5) is 13.7. The van der Waals surface area contributed by atoms with Crippen LogP contribution >= 0.6 is 0 Å². The van der Waals surface area contributed by atoms with Crippen LogP contribution in [0.4, 0.5) is 5.69 Å². The number of aromatic nitrogens is 1. The molecule has 3 heteroatoms. The van der Waals surface area contributed by atoms with Crippen molar-refractivity contribution in [1.29, 1.82) is 0 Å². The van der Waals surface area contributed by atoms with Crippen LogP contribution in [0.2, 0.25) is 0 Å². The van der Waals surface area contributed by atoms with E-state index in [1.54, 1.807) is 0 Å². The molecule has 2 N–H and O–H groups in total. The predicted molar refractivity (Wildman–Crippen MR) is 44.6 cm³/mol. The highest BCUT2D eigenvalue weighted by molar-refractivity contribution is 5.90. The van der Waals surface area contributed by atoms with Gasteiger partial charge in [-0.25, -0.2) is 0 Å². The van der Waals surface area contributed by atoms with E-state index in [1.807, 2.05) is 20.0 Å². The molecule has 0 aliphatic rings. The number of carbonyl (C=O) groups is 1. The van der Waals surface area contributed by atoms with Crippen LogP contribution in [-0.4, -0.2) is 10.9 Å². The van der Waals surface area contributed by atoms with Gasteiger partial charge >= 0.3 is 0 Å². The fourth-order valence-electron chi connectivity index (χ4n) is 1.02. The second-order valence-corrected chi connectivity index (χ2v) is 2.65. The molecule has 3 nitrogen and oxygen atoms in total. The third kappa shape index (κ3) is 1.61. The van der Waals surface area contributed by atoms with Gasteiger partial charge in [-0.15, -0.1) is 0 Å². The lowest BCUT2D eigenvalue weighted by Gasteiger charge is -2.01. The fourth-order valence-corrected chi connectivity index (χ4v) is 1.02. The lowest BCUT2D eigenvalue weighted by Crippen LogP contribution is -2.06. The van der Waals surface area contributed by atoms with Gasteiger partial charge in [0.15, 0.2) is 0 Å². The zero-order valence-electron chi connectivity index (χ0n) is 6.99. The van der Waals surface area contributed by atoms with Crippen molar-refractivity contribution < 1.29 is 4.79 Å². The Bertz CT molecular complexity index is 256. The second-order valence-electron chi connectivity index (χ2n) is 2.65. The van der Waals surface area contributed by atoms with Gasteiger partial charge in [0.05, 0.1) is 5.69 Å². The molecule has 0 aliphatic heterocycles. The summed E-state index contributed by atoms with van der Waals surface area (Å²) in [5.41, 5.74) is 2.97.